The molecule has 1 unspecified atom stereocenters. The van der Waals surface area contributed by atoms with Crippen LogP contribution in [0.2, 0.25) is 0 Å². The first-order chi connectivity index (χ1) is 16.7. The molecule has 34 heavy (non-hydrogen) atoms. The van der Waals surface area contributed by atoms with Crippen LogP contribution in [0.15, 0.2) is 78.9 Å². The maximum Gasteiger partial charge on any atom is 0.243 e. The van der Waals surface area contributed by atoms with E-state index in [-0.39, 0.29) is 18.2 Å². The average molecular weight is 456 g/mol. The molecular formula is C29H33N3O2. The number of nitrogens with zero attached hydrogens (tertiary/aromatic N) is 1. The molecular weight excluding hydrogens is 422 g/mol. The van der Waals surface area contributed by atoms with E-state index >= 15 is 0 Å². The van der Waals surface area contributed by atoms with Crippen LogP contribution in [0.3, 0.4) is 0 Å². The van der Waals surface area contributed by atoms with Gasteiger partial charge in [0.2, 0.25) is 11.8 Å². The lowest BCUT2D eigenvalue weighted by Gasteiger charge is -2.36. The van der Waals surface area contributed by atoms with Gasteiger partial charge in [0.15, 0.2) is 0 Å². The Bertz CT molecular complexity index is 1100. The standard InChI is InChI=1S/C29H33N3O2/c30-17-7-2-8-18-31-29(34)27-20-25-11-5-6-12-26(25)21-32(27)28(33)19-22-13-15-24(16-14-22)23-9-3-1-4-10-23/h1,3-6,9-16,27H,2,7-8,17-21,30H2,(H,31,34). The third-order valence-electron chi connectivity index (χ3n) is 6.47. The second-order valence-corrected chi connectivity index (χ2v) is 8.89. The van der Waals surface area contributed by atoms with Crippen LogP contribution < -0.4 is 11.1 Å². The van der Waals surface area contributed by atoms with Gasteiger partial charge < -0.3 is 16.0 Å². The normalized spacial score (nSPS) is 15.0. The van der Waals surface area contributed by atoms with Gasteiger partial charge in [-0.15, -0.1) is 0 Å². The molecule has 5 heteroatoms. The summed E-state index contributed by atoms with van der Waals surface area (Å²) < 4.78 is 0. The molecule has 0 aliphatic carbocycles. The number of hydrogen-bond donors (Lipinski definition) is 2. The fourth-order valence-corrected chi connectivity index (χ4v) is 4.52. The van der Waals surface area contributed by atoms with Crippen LogP contribution in [0, 0.1) is 0 Å². The predicted molar refractivity (Wildman–Crippen MR) is 136 cm³/mol. The maximum absolute atomic E-state index is 13.4. The number of nitrogens with one attached hydrogen (secondary N) is 1. The van der Waals surface area contributed by atoms with E-state index in [2.05, 4.69) is 35.6 Å². The van der Waals surface area contributed by atoms with E-state index < -0.39 is 6.04 Å². The summed E-state index contributed by atoms with van der Waals surface area (Å²) in [6.07, 6.45) is 3.67. The monoisotopic (exact) mass is 455 g/mol. The Kier molecular flexibility index (Phi) is 8.10. The third-order valence-corrected chi connectivity index (χ3v) is 6.47. The quantitative estimate of drug-likeness (QED) is 0.477. The van der Waals surface area contributed by atoms with Gasteiger partial charge in [-0.05, 0) is 47.2 Å². The van der Waals surface area contributed by atoms with Crippen molar-refractivity contribution in [1.29, 1.82) is 0 Å². The third kappa shape index (κ3) is 5.91. The van der Waals surface area contributed by atoms with Crippen molar-refractivity contribution in [3.05, 3.63) is 95.6 Å². The van der Waals surface area contributed by atoms with E-state index in [0.29, 0.717) is 26.1 Å². The highest BCUT2D eigenvalue weighted by Crippen LogP contribution is 2.25. The molecule has 0 saturated carbocycles. The number of benzene rings is 3. The highest BCUT2D eigenvalue weighted by Gasteiger charge is 2.34. The SMILES string of the molecule is NCCCCCNC(=O)C1Cc2ccccc2CN1C(=O)Cc1ccc(-c2ccccc2)cc1. The van der Waals surface area contributed by atoms with Crippen molar-refractivity contribution in [3.8, 4) is 11.1 Å². The first-order valence-corrected chi connectivity index (χ1v) is 12.1. The van der Waals surface area contributed by atoms with Crippen LogP contribution in [0.1, 0.15) is 36.0 Å². The van der Waals surface area contributed by atoms with Crippen molar-refractivity contribution in [2.24, 2.45) is 5.73 Å². The van der Waals surface area contributed by atoms with Gasteiger partial charge in [0, 0.05) is 19.5 Å². The number of amides is 2. The lowest BCUT2D eigenvalue weighted by molar-refractivity contribution is -0.141. The summed E-state index contributed by atoms with van der Waals surface area (Å²) in [5.41, 5.74) is 11.0. The summed E-state index contributed by atoms with van der Waals surface area (Å²) in [5, 5.41) is 3.04. The lowest BCUT2D eigenvalue weighted by atomic mass is 9.92. The van der Waals surface area contributed by atoms with Gasteiger partial charge in [-0.1, -0.05) is 85.3 Å². The number of carbonyl (C=O) groups is 2. The van der Waals surface area contributed by atoms with Crippen LogP contribution in [0.4, 0.5) is 0 Å². The van der Waals surface area contributed by atoms with Gasteiger partial charge in [-0.3, -0.25) is 9.59 Å². The Labute approximate surface area is 202 Å². The minimum Gasteiger partial charge on any atom is -0.354 e. The Morgan fingerprint density at radius 3 is 2.24 bits per heavy atom. The predicted octanol–water partition coefficient (Wildman–Crippen LogP) is 4.09. The van der Waals surface area contributed by atoms with E-state index in [1.165, 1.54) is 0 Å². The highest BCUT2D eigenvalue weighted by atomic mass is 16.2. The summed E-state index contributed by atoms with van der Waals surface area (Å²) in [4.78, 5) is 28.2. The fraction of sp³-hybridized carbons (Fsp3) is 0.310. The molecule has 0 bridgehead atoms. The molecule has 2 amide bonds. The minimum absolute atomic E-state index is 0.0229. The molecule has 176 valence electrons. The number of unbranched alkanes of at least 4 members (excludes halogenated alkanes) is 2. The van der Waals surface area contributed by atoms with E-state index in [1.54, 1.807) is 4.90 Å². The van der Waals surface area contributed by atoms with Crippen molar-refractivity contribution in [1.82, 2.24) is 10.2 Å². The van der Waals surface area contributed by atoms with Crippen LogP contribution in [0.5, 0.6) is 0 Å². The molecule has 1 aliphatic heterocycles. The van der Waals surface area contributed by atoms with E-state index in [9.17, 15) is 9.59 Å². The summed E-state index contributed by atoms with van der Waals surface area (Å²) in [6, 6.07) is 25.9. The van der Waals surface area contributed by atoms with Gasteiger partial charge in [-0.25, -0.2) is 0 Å². The van der Waals surface area contributed by atoms with Crippen molar-refractivity contribution < 1.29 is 9.59 Å². The Morgan fingerprint density at radius 1 is 0.824 bits per heavy atom. The van der Waals surface area contributed by atoms with Crippen LogP contribution in [-0.4, -0.2) is 35.8 Å². The zero-order valence-electron chi connectivity index (χ0n) is 19.6. The molecule has 3 aromatic rings. The van der Waals surface area contributed by atoms with Crippen LogP contribution >= 0.6 is 0 Å². The van der Waals surface area contributed by atoms with Crippen molar-refractivity contribution in [2.75, 3.05) is 13.1 Å². The smallest absolute Gasteiger partial charge is 0.243 e. The summed E-state index contributed by atoms with van der Waals surface area (Å²) in [6.45, 7) is 1.74. The minimum atomic E-state index is -0.486. The molecule has 1 heterocycles. The van der Waals surface area contributed by atoms with Crippen LogP contribution in [-0.2, 0) is 29.0 Å². The Balaban J connectivity index is 1.45. The summed E-state index contributed by atoms with van der Waals surface area (Å²) in [7, 11) is 0. The molecule has 0 aromatic heterocycles. The molecule has 4 rings (SSSR count). The molecule has 0 saturated heterocycles. The van der Waals surface area contributed by atoms with Gasteiger partial charge in [0.05, 0.1) is 6.42 Å². The number of fused-ring (bicyclic) bond motifs is 1. The average Bonchev–Trinajstić information content (AvgIpc) is 2.88. The largest absolute Gasteiger partial charge is 0.354 e. The molecule has 0 radical (unpaired) electrons. The number of hydrogen-bond acceptors (Lipinski definition) is 3. The van der Waals surface area contributed by atoms with Gasteiger partial charge in [-0.2, -0.15) is 0 Å². The molecule has 0 spiro atoms. The Morgan fingerprint density at radius 2 is 1.50 bits per heavy atom. The molecule has 1 aliphatic rings. The lowest BCUT2D eigenvalue weighted by Crippen LogP contribution is -2.53. The fourth-order valence-electron chi connectivity index (χ4n) is 4.52. The number of nitrogens with two attached hydrogens (primary N) is 1. The van der Waals surface area contributed by atoms with Gasteiger partial charge in [0.25, 0.3) is 0 Å². The first-order valence-electron chi connectivity index (χ1n) is 12.1. The van der Waals surface area contributed by atoms with Gasteiger partial charge >= 0.3 is 0 Å². The van der Waals surface area contributed by atoms with E-state index in [0.717, 1.165) is 47.1 Å². The second kappa shape index (κ2) is 11.6. The van der Waals surface area contributed by atoms with Crippen molar-refractivity contribution in [2.45, 2.75) is 44.7 Å². The van der Waals surface area contributed by atoms with Crippen molar-refractivity contribution >= 4 is 11.8 Å². The Hall–Kier alpha value is -3.44. The number of rotatable bonds is 9. The van der Waals surface area contributed by atoms with Crippen molar-refractivity contribution in [3.63, 3.8) is 0 Å². The molecule has 5 nitrogen and oxygen atoms in total. The molecule has 1 atom stereocenters. The zero-order valence-corrected chi connectivity index (χ0v) is 19.6. The summed E-state index contributed by atoms with van der Waals surface area (Å²) in [5.74, 6) is -0.0970. The maximum atomic E-state index is 13.4. The molecule has 3 aromatic carbocycles. The highest BCUT2D eigenvalue weighted by molar-refractivity contribution is 5.89. The van der Waals surface area contributed by atoms with E-state index in [1.807, 2.05) is 48.5 Å². The van der Waals surface area contributed by atoms with E-state index in [4.69, 9.17) is 5.73 Å². The molecule has 3 N–H and O–H groups in total. The zero-order chi connectivity index (χ0) is 23.8. The van der Waals surface area contributed by atoms with Gasteiger partial charge in [0.1, 0.15) is 6.04 Å². The first kappa shape index (κ1) is 23.7. The van der Waals surface area contributed by atoms with Crippen LogP contribution in [0.25, 0.3) is 11.1 Å². The number of carbonyl (C=O) groups excluding carboxylic acids is 2. The second-order valence-electron chi connectivity index (χ2n) is 8.89. The topological polar surface area (TPSA) is 75.4 Å². The molecule has 0 fully saturated rings. The summed E-state index contributed by atoms with van der Waals surface area (Å²) >= 11 is 0.